The Balaban J connectivity index is 1.96. The van der Waals surface area contributed by atoms with E-state index in [0.717, 1.165) is 12.8 Å². The van der Waals surface area contributed by atoms with E-state index in [0.29, 0.717) is 27.4 Å². The van der Waals surface area contributed by atoms with Gasteiger partial charge in [0, 0.05) is 6.54 Å². The third-order valence-electron chi connectivity index (χ3n) is 5.50. The molecule has 154 valence electrons. The van der Waals surface area contributed by atoms with Gasteiger partial charge in [0.05, 0.1) is 37.5 Å². The summed E-state index contributed by atoms with van der Waals surface area (Å²) in [4.78, 5) is 24.3. The van der Waals surface area contributed by atoms with Gasteiger partial charge in [0.15, 0.2) is 11.0 Å². The second-order valence-electron chi connectivity index (χ2n) is 6.88. The summed E-state index contributed by atoms with van der Waals surface area (Å²) in [6.45, 7) is 4.37. The minimum atomic E-state index is -0.930. The maximum atomic E-state index is 15.0. The highest BCUT2D eigenvalue weighted by atomic mass is 79.9. The summed E-state index contributed by atoms with van der Waals surface area (Å²) < 4.78 is 15.7. The van der Waals surface area contributed by atoms with Gasteiger partial charge in [0.1, 0.15) is 11.3 Å². The van der Waals surface area contributed by atoms with Crippen LogP contribution in [-0.4, -0.2) is 57.0 Å². The number of carbonyl (C=O) groups is 1. The molecule has 2 aliphatic heterocycles. The van der Waals surface area contributed by atoms with Crippen molar-refractivity contribution in [2.75, 3.05) is 17.7 Å². The molecular weight excluding hydrogens is 551 g/mol. The zero-order valence-electron chi connectivity index (χ0n) is 15.2. The van der Waals surface area contributed by atoms with Crippen LogP contribution in [0.3, 0.4) is 0 Å². The summed E-state index contributed by atoms with van der Waals surface area (Å²) in [5.41, 5.74) is 0.151. The van der Waals surface area contributed by atoms with Gasteiger partial charge in [-0.15, -0.1) is 6.58 Å². The number of amides is 1. The number of fused-ring (bicyclic) bond motifs is 3. The van der Waals surface area contributed by atoms with Crippen LogP contribution in [0.15, 0.2) is 26.8 Å². The number of carboxylic acid groups (broad SMARTS) is 1. The van der Waals surface area contributed by atoms with Crippen molar-refractivity contribution in [1.82, 2.24) is 14.9 Å². The third kappa shape index (κ3) is 3.23. The molecule has 4 rings (SSSR count). The first kappa shape index (κ1) is 21.1. The lowest BCUT2D eigenvalue weighted by atomic mass is 10.0. The molecule has 11 heteroatoms. The molecule has 6 nitrogen and oxygen atoms in total. The Labute approximate surface area is 192 Å². The lowest BCUT2D eigenvalue weighted by Gasteiger charge is -2.45. The minimum absolute atomic E-state index is 0.131. The van der Waals surface area contributed by atoms with Crippen LogP contribution in [-0.2, 0) is 0 Å². The molecule has 2 fully saturated rings. The van der Waals surface area contributed by atoms with Crippen LogP contribution in [0, 0.1) is 5.82 Å². The number of halogens is 4. The highest BCUT2D eigenvalue weighted by Crippen LogP contribution is 2.45. The molecule has 0 unspecified atom stereocenters. The largest absolute Gasteiger partial charge is 0.465 e. The van der Waals surface area contributed by atoms with Crippen molar-refractivity contribution in [1.29, 1.82) is 0 Å². The van der Waals surface area contributed by atoms with Crippen molar-refractivity contribution >= 4 is 78.0 Å². The van der Waals surface area contributed by atoms with E-state index in [1.165, 1.54) is 16.7 Å². The lowest BCUT2D eigenvalue weighted by molar-refractivity contribution is 0.107. The second kappa shape index (κ2) is 7.86. The average molecular weight is 567 g/mol. The van der Waals surface area contributed by atoms with Crippen molar-refractivity contribution in [2.45, 2.75) is 36.1 Å². The number of hydrogen-bond donors (Lipinski definition) is 1. The van der Waals surface area contributed by atoms with E-state index in [4.69, 9.17) is 11.6 Å². The molecule has 2 aromatic rings. The van der Waals surface area contributed by atoms with Crippen molar-refractivity contribution in [3.63, 3.8) is 0 Å². The number of benzene rings is 1. The van der Waals surface area contributed by atoms with Crippen LogP contribution < -0.4 is 4.90 Å². The van der Waals surface area contributed by atoms with Gasteiger partial charge >= 0.3 is 6.09 Å². The Morgan fingerprint density at radius 3 is 2.72 bits per heavy atom. The van der Waals surface area contributed by atoms with Crippen molar-refractivity contribution in [3.8, 4) is 0 Å². The second-order valence-corrected chi connectivity index (χ2v) is 9.62. The van der Waals surface area contributed by atoms with Gasteiger partial charge in [-0.05, 0) is 51.0 Å². The summed E-state index contributed by atoms with van der Waals surface area (Å²) in [7, 11) is 0. The summed E-state index contributed by atoms with van der Waals surface area (Å²) in [6, 6.07) is -0.693. The number of anilines is 1. The molecular formula is C18H16Br2ClFN4O2S. The molecule has 3 heterocycles. The lowest BCUT2D eigenvalue weighted by Crippen LogP contribution is -2.60. The van der Waals surface area contributed by atoms with Crippen molar-refractivity contribution in [2.24, 2.45) is 0 Å². The molecule has 3 atom stereocenters. The monoisotopic (exact) mass is 564 g/mol. The topological polar surface area (TPSA) is 69.6 Å². The van der Waals surface area contributed by atoms with Gasteiger partial charge in [0.25, 0.3) is 0 Å². The minimum Gasteiger partial charge on any atom is -0.465 e. The van der Waals surface area contributed by atoms with E-state index in [1.807, 2.05) is 11.2 Å². The van der Waals surface area contributed by atoms with E-state index in [1.54, 1.807) is 6.08 Å². The fourth-order valence-electron chi connectivity index (χ4n) is 4.29. The van der Waals surface area contributed by atoms with Crippen LogP contribution in [0.1, 0.15) is 12.8 Å². The Morgan fingerprint density at radius 2 is 2.10 bits per heavy atom. The molecule has 1 amide bonds. The number of piperazine rings is 1. The Kier molecular flexibility index (Phi) is 5.73. The highest BCUT2D eigenvalue weighted by Gasteiger charge is 2.48. The first-order valence-corrected chi connectivity index (χ1v) is 12.0. The van der Waals surface area contributed by atoms with Gasteiger partial charge in [-0.2, -0.15) is 0 Å². The molecule has 1 aromatic carbocycles. The highest BCUT2D eigenvalue weighted by molar-refractivity contribution is 9.11. The van der Waals surface area contributed by atoms with E-state index in [2.05, 4.69) is 48.4 Å². The number of hydrogen-bond acceptors (Lipinski definition) is 5. The molecule has 2 saturated heterocycles. The molecule has 1 N–H and O–H groups in total. The molecule has 0 spiro atoms. The number of rotatable bonds is 3. The standard InChI is InChI=1S/C18H16Br2ClFN4O2S/c1-3-8-9-5-4-7(26(9)18(27)28)6-25(8)16-10-11(19)13(21)12(20)14(22)15(10)23-17(24-16)29-2/h3,7-9H,1,4-6H2,2H3,(H,27,28)/t7-,8-,9+/m1/s1. The van der Waals surface area contributed by atoms with Gasteiger partial charge < -0.3 is 10.0 Å². The number of thioether (sulfide) groups is 1. The van der Waals surface area contributed by atoms with Gasteiger partial charge in [0.2, 0.25) is 0 Å². The molecule has 29 heavy (non-hydrogen) atoms. The Hall–Kier alpha value is -1.10. The quantitative estimate of drug-likeness (QED) is 0.173. The summed E-state index contributed by atoms with van der Waals surface area (Å²) in [6.07, 6.45) is 4.13. The maximum absolute atomic E-state index is 15.0. The zero-order valence-corrected chi connectivity index (χ0v) is 19.9. The fraction of sp³-hybridized carbons (Fsp3) is 0.389. The SMILES string of the molecule is C=C[C@@H]1[C@@H]2CC[C@H](CN1c1nc(SC)nc3c(F)c(Br)c(Cl)c(Br)c13)N2C(=O)O. The first-order valence-electron chi connectivity index (χ1n) is 8.78. The zero-order chi connectivity index (χ0) is 21.0. The maximum Gasteiger partial charge on any atom is 0.407 e. The molecule has 2 aliphatic rings. The predicted octanol–water partition coefficient (Wildman–Crippen LogP) is 5.55. The molecule has 0 aliphatic carbocycles. The summed E-state index contributed by atoms with van der Waals surface area (Å²) >= 11 is 14.3. The Morgan fingerprint density at radius 1 is 1.38 bits per heavy atom. The number of aromatic nitrogens is 2. The van der Waals surface area contributed by atoms with Gasteiger partial charge in [-0.3, -0.25) is 4.90 Å². The molecule has 0 saturated carbocycles. The normalized spacial score (nSPS) is 23.7. The summed E-state index contributed by atoms with van der Waals surface area (Å²) in [5, 5.41) is 10.7. The fourth-order valence-corrected chi connectivity index (χ4v) is 6.04. The van der Waals surface area contributed by atoms with E-state index >= 15 is 4.39 Å². The van der Waals surface area contributed by atoms with Gasteiger partial charge in [-0.25, -0.2) is 19.2 Å². The van der Waals surface area contributed by atoms with Crippen LogP contribution >= 0.6 is 55.2 Å². The summed E-state index contributed by atoms with van der Waals surface area (Å²) in [5.74, 6) is -0.0409. The van der Waals surface area contributed by atoms with Crippen LogP contribution in [0.5, 0.6) is 0 Å². The van der Waals surface area contributed by atoms with E-state index < -0.39 is 11.9 Å². The smallest absolute Gasteiger partial charge is 0.407 e. The number of nitrogens with zero attached hydrogens (tertiary/aromatic N) is 4. The van der Waals surface area contributed by atoms with Crippen molar-refractivity contribution in [3.05, 3.63) is 32.4 Å². The van der Waals surface area contributed by atoms with E-state index in [9.17, 15) is 9.90 Å². The first-order chi connectivity index (χ1) is 13.8. The van der Waals surface area contributed by atoms with Crippen LogP contribution in [0.4, 0.5) is 15.0 Å². The van der Waals surface area contributed by atoms with Crippen molar-refractivity contribution < 1.29 is 14.3 Å². The average Bonchev–Trinajstić information content (AvgIpc) is 3.04. The Bertz CT molecular complexity index is 1040. The molecule has 2 bridgehead atoms. The predicted molar refractivity (Wildman–Crippen MR) is 120 cm³/mol. The van der Waals surface area contributed by atoms with Crippen LogP contribution in [0.2, 0.25) is 5.02 Å². The third-order valence-corrected chi connectivity index (χ3v) is 8.42. The van der Waals surface area contributed by atoms with Crippen LogP contribution in [0.25, 0.3) is 10.9 Å². The molecule has 0 radical (unpaired) electrons. The van der Waals surface area contributed by atoms with E-state index in [-0.39, 0.29) is 33.1 Å². The van der Waals surface area contributed by atoms with Gasteiger partial charge in [-0.1, -0.05) is 29.4 Å². The molecule has 1 aromatic heterocycles.